The van der Waals surface area contributed by atoms with Crippen molar-refractivity contribution in [2.24, 2.45) is 0 Å². The smallest absolute Gasteiger partial charge is 0.246 e. The first-order valence-corrected chi connectivity index (χ1v) is 7.85. The Morgan fingerprint density at radius 1 is 1.35 bits per heavy atom. The van der Waals surface area contributed by atoms with Crippen molar-refractivity contribution in [1.29, 1.82) is 0 Å². The van der Waals surface area contributed by atoms with Crippen molar-refractivity contribution >= 4 is 21.6 Å². The SMILES string of the molecule is COc1ccc(NC(=O)[C@H]2C=CCN2S(C)(=O)=O)cc1. The van der Waals surface area contributed by atoms with E-state index >= 15 is 0 Å². The summed E-state index contributed by atoms with van der Waals surface area (Å²) in [6.45, 7) is 0.222. The molecule has 1 aromatic rings. The van der Waals surface area contributed by atoms with Crippen LogP contribution in [0, 0.1) is 0 Å². The first-order chi connectivity index (χ1) is 9.41. The summed E-state index contributed by atoms with van der Waals surface area (Å²) in [5, 5.41) is 2.69. The van der Waals surface area contributed by atoms with Gasteiger partial charge >= 0.3 is 0 Å². The first kappa shape index (κ1) is 14.5. The normalized spacial score (nSPS) is 19.0. The Kier molecular flexibility index (Phi) is 4.10. The lowest BCUT2D eigenvalue weighted by Crippen LogP contribution is -2.42. The molecule has 0 aromatic heterocycles. The fourth-order valence-corrected chi connectivity index (χ4v) is 2.89. The molecule has 0 fully saturated rings. The standard InChI is InChI=1S/C13H16N2O4S/c1-19-11-7-5-10(6-8-11)14-13(16)12-4-3-9-15(12)20(2,17)18/h3-8,12H,9H2,1-2H3,(H,14,16)/t12-/m1/s1. The molecule has 6 nitrogen and oxygen atoms in total. The van der Waals surface area contributed by atoms with E-state index in [0.29, 0.717) is 11.4 Å². The molecule has 1 heterocycles. The summed E-state index contributed by atoms with van der Waals surface area (Å²) in [5.74, 6) is 0.302. The third kappa shape index (κ3) is 3.17. The molecule has 1 N–H and O–H groups in total. The molecule has 1 aliphatic rings. The summed E-state index contributed by atoms with van der Waals surface area (Å²) in [6.07, 6.45) is 4.34. The largest absolute Gasteiger partial charge is 0.497 e. The number of sulfonamides is 1. The number of hydrogen-bond acceptors (Lipinski definition) is 4. The first-order valence-electron chi connectivity index (χ1n) is 6.00. The maximum atomic E-state index is 12.1. The van der Waals surface area contributed by atoms with E-state index in [4.69, 9.17) is 4.74 Å². The maximum absolute atomic E-state index is 12.1. The fourth-order valence-electron chi connectivity index (χ4n) is 1.95. The number of nitrogens with zero attached hydrogens (tertiary/aromatic N) is 1. The summed E-state index contributed by atoms with van der Waals surface area (Å²) in [5.41, 5.74) is 0.588. The highest BCUT2D eigenvalue weighted by Gasteiger charge is 2.32. The molecule has 0 bridgehead atoms. The Balaban J connectivity index is 2.09. The lowest BCUT2D eigenvalue weighted by Gasteiger charge is -2.21. The van der Waals surface area contributed by atoms with Gasteiger partial charge in [-0.1, -0.05) is 12.2 Å². The molecule has 2 rings (SSSR count). The van der Waals surface area contributed by atoms with E-state index < -0.39 is 16.1 Å². The molecule has 108 valence electrons. The van der Waals surface area contributed by atoms with Crippen molar-refractivity contribution in [3.8, 4) is 5.75 Å². The third-order valence-corrected chi connectivity index (χ3v) is 4.19. The van der Waals surface area contributed by atoms with E-state index in [0.717, 1.165) is 10.6 Å². The number of methoxy groups -OCH3 is 1. The van der Waals surface area contributed by atoms with Gasteiger partial charge in [0.05, 0.1) is 13.4 Å². The van der Waals surface area contributed by atoms with E-state index in [1.165, 1.54) is 0 Å². The second kappa shape index (κ2) is 5.64. The van der Waals surface area contributed by atoms with E-state index in [1.54, 1.807) is 43.5 Å². The predicted octanol–water partition coefficient (Wildman–Crippen LogP) is 0.834. The van der Waals surface area contributed by atoms with Crippen molar-refractivity contribution < 1.29 is 17.9 Å². The van der Waals surface area contributed by atoms with Crippen molar-refractivity contribution in [1.82, 2.24) is 4.31 Å². The van der Waals surface area contributed by atoms with Crippen LogP contribution in [-0.2, 0) is 14.8 Å². The van der Waals surface area contributed by atoms with E-state index in [9.17, 15) is 13.2 Å². The van der Waals surface area contributed by atoms with Gasteiger partial charge in [0.25, 0.3) is 0 Å². The van der Waals surface area contributed by atoms with E-state index in [1.807, 2.05) is 0 Å². The summed E-state index contributed by atoms with van der Waals surface area (Å²) in [6, 6.07) is 6.02. The Morgan fingerprint density at radius 3 is 2.55 bits per heavy atom. The quantitative estimate of drug-likeness (QED) is 0.835. The molecule has 0 saturated heterocycles. The van der Waals surface area contributed by atoms with Gasteiger partial charge in [-0.05, 0) is 24.3 Å². The van der Waals surface area contributed by atoms with Crippen LogP contribution in [0.4, 0.5) is 5.69 Å². The minimum Gasteiger partial charge on any atom is -0.497 e. The van der Waals surface area contributed by atoms with Crippen LogP contribution >= 0.6 is 0 Å². The molecule has 1 aliphatic heterocycles. The number of carbonyl (C=O) groups is 1. The average Bonchev–Trinajstić information content (AvgIpc) is 2.89. The highest BCUT2D eigenvalue weighted by molar-refractivity contribution is 7.88. The van der Waals surface area contributed by atoms with Gasteiger partial charge in [-0.15, -0.1) is 0 Å². The van der Waals surface area contributed by atoms with Gasteiger partial charge in [0.1, 0.15) is 11.8 Å². The Morgan fingerprint density at radius 2 is 2.00 bits per heavy atom. The topological polar surface area (TPSA) is 75.7 Å². The zero-order valence-corrected chi connectivity index (χ0v) is 12.1. The van der Waals surface area contributed by atoms with Gasteiger partial charge in [-0.3, -0.25) is 4.79 Å². The highest BCUT2D eigenvalue weighted by Crippen LogP contribution is 2.18. The van der Waals surface area contributed by atoms with Crippen LogP contribution < -0.4 is 10.1 Å². The second-order valence-corrected chi connectivity index (χ2v) is 6.36. The Hall–Kier alpha value is -1.86. The third-order valence-electron chi connectivity index (χ3n) is 2.97. The van der Waals surface area contributed by atoms with Crippen LogP contribution in [0.1, 0.15) is 0 Å². The number of hydrogen-bond donors (Lipinski definition) is 1. The number of benzene rings is 1. The van der Waals surface area contributed by atoms with Crippen LogP contribution in [0.25, 0.3) is 0 Å². The van der Waals surface area contributed by atoms with Gasteiger partial charge in [0.15, 0.2) is 0 Å². The van der Waals surface area contributed by atoms with Gasteiger partial charge in [-0.25, -0.2) is 8.42 Å². The Bertz CT molecular complexity index is 622. The van der Waals surface area contributed by atoms with Crippen LogP contribution in [0.3, 0.4) is 0 Å². The molecule has 1 amide bonds. The van der Waals surface area contributed by atoms with E-state index in [-0.39, 0.29) is 12.5 Å². The molecule has 20 heavy (non-hydrogen) atoms. The molecule has 7 heteroatoms. The molecule has 0 unspecified atom stereocenters. The minimum absolute atomic E-state index is 0.222. The summed E-state index contributed by atoms with van der Waals surface area (Å²) < 4.78 is 29.3. The number of rotatable bonds is 4. The molecule has 1 aromatic carbocycles. The summed E-state index contributed by atoms with van der Waals surface area (Å²) in [4.78, 5) is 12.1. The Labute approximate surface area is 118 Å². The number of amides is 1. The van der Waals surface area contributed by atoms with Crippen molar-refractivity contribution in [2.45, 2.75) is 6.04 Å². The minimum atomic E-state index is -3.41. The van der Waals surface area contributed by atoms with Gasteiger partial charge in [0.2, 0.25) is 15.9 Å². The molecule has 0 radical (unpaired) electrons. The second-order valence-electron chi connectivity index (χ2n) is 4.42. The number of ether oxygens (including phenoxy) is 1. The van der Waals surface area contributed by atoms with Crippen LogP contribution in [0.15, 0.2) is 36.4 Å². The number of carbonyl (C=O) groups excluding carboxylic acids is 1. The molecular formula is C13H16N2O4S. The highest BCUT2D eigenvalue weighted by atomic mass is 32.2. The number of nitrogens with one attached hydrogen (secondary N) is 1. The summed E-state index contributed by atoms with van der Waals surface area (Å²) >= 11 is 0. The lowest BCUT2D eigenvalue weighted by molar-refractivity contribution is -0.118. The fraction of sp³-hybridized carbons (Fsp3) is 0.308. The number of anilines is 1. The van der Waals surface area contributed by atoms with Crippen LogP contribution in [-0.4, -0.2) is 44.6 Å². The lowest BCUT2D eigenvalue weighted by atomic mass is 10.2. The maximum Gasteiger partial charge on any atom is 0.246 e. The van der Waals surface area contributed by atoms with Gasteiger partial charge in [-0.2, -0.15) is 4.31 Å². The molecule has 0 spiro atoms. The van der Waals surface area contributed by atoms with Crippen LogP contribution in [0.2, 0.25) is 0 Å². The van der Waals surface area contributed by atoms with Crippen LogP contribution in [0.5, 0.6) is 5.75 Å². The van der Waals surface area contributed by atoms with E-state index in [2.05, 4.69) is 5.32 Å². The average molecular weight is 296 g/mol. The predicted molar refractivity (Wildman–Crippen MR) is 76.1 cm³/mol. The zero-order chi connectivity index (χ0) is 14.8. The monoisotopic (exact) mass is 296 g/mol. The molecule has 1 atom stereocenters. The molecule has 0 aliphatic carbocycles. The summed E-state index contributed by atoms with van der Waals surface area (Å²) in [7, 11) is -1.85. The van der Waals surface area contributed by atoms with Crippen molar-refractivity contribution in [3.63, 3.8) is 0 Å². The van der Waals surface area contributed by atoms with Crippen molar-refractivity contribution in [3.05, 3.63) is 36.4 Å². The molecule has 0 saturated carbocycles. The van der Waals surface area contributed by atoms with Crippen molar-refractivity contribution in [2.75, 3.05) is 25.2 Å². The van der Waals surface area contributed by atoms with Gasteiger partial charge < -0.3 is 10.1 Å². The zero-order valence-electron chi connectivity index (χ0n) is 11.2. The van der Waals surface area contributed by atoms with Gasteiger partial charge in [0, 0.05) is 12.2 Å². The molecular weight excluding hydrogens is 280 g/mol.